The molecule has 5 heteroatoms. The molecule has 2 N–H and O–H groups in total. The van der Waals surface area contributed by atoms with Crippen molar-refractivity contribution in [2.24, 2.45) is 0 Å². The predicted molar refractivity (Wildman–Crippen MR) is 89.7 cm³/mol. The van der Waals surface area contributed by atoms with E-state index in [9.17, 15) is 4.79 Å². The van der Waals surface area contributed by atoms with E-state index >= 15 is 0 Å². The van der Waals surface area contributed by atoms with E-state index in [0.29, 0.717) is 19.1 Å². The molecule has 0 unspecified atom stereocenters. The lowest BCUT2D eigenvalue weighted by molar-refractivity contribution is 0.150. The number of hydrogen-bond acceptors (Lipinski definition) is 2. The third-order valence-electron chi connectivity index (χ3n) is 4.46. The van der Waals surface area contributed by atoms with E-state index in [0.717, 1.165) is 18.5 Å². The second-order valence-corrected chi connectivity index (χ2v) is 6.15. The molecule has 1 aromatic carbocycles. The van der Waals surface area contributed by atoms with Gasteiger partial charge in [0.25, 0.3) is 0 Å². The molecule has 0 spiro atoms. The van der Waals surface area contributed by atoms with Crippen molar-refractivity contribution in [2.75, 3.05) is 0 Å². The zero-order valence-electron chi connectivity index (χ0n) is 13.4. The Morgan fingerprint density at radius 2 is 1.96 bits per heavy atom. The Labute approximate surface area is 137 Å². The van der Waals surface area contributed by atoms with E-state index in [1.165, 1.54) is 24.8 Å². The standard InChI is InChI=1S/C18H24N4O/c23-18(19-13-16-11-12-20-21-16)22(17-9-5-2-6-10-17)14-15-7-3-1-4-8-15/h1,3-4,7-8,11-12,17H,2,5-6,9-10,13-14H2,(H,19,23)(H,20,21). The number of carbonyl (C=O) groups excluding carboxylic acids is 1. The molecule has 0 atom stereocenters. The van der Waals surface area contributed by atoms with Gasteiger partial charge in [0.1, 0.15) is 0 Å². The first-order valence-electron chi connectivity index (χ1n) is 8.39. The number of carbonyl (C=O) groups is 1. The fourth-order valence-corrected chi connectivity index (χ4v) is 3.20. The second-order valence-electron chi connectivity index (χ2n) is 6.15. The van der Waals surface area contributed by atoms with Crippen molar-refractivity contribution in [1.82, 2.24) is 20.4 Å². The summed E-state index contributed by atoms with van der Waals surface area (Å²) in [6, 6.07) is 12.4. The van der Waals surface area contributed by atoms with Crippen LogP contribution in [0.2, 0.25) is 0 Å². The lowest BCUT2D eigenvalue weighted by Gasteiger charge is -2.34. The number of nitrogens with one attached hydrogen (secondary N) is 2. The molecule has 1 aromatic heterocycles. The predicted octanol–water partition coefficient (Wildman–Crippen LogP) is 3.45. The fourth-order valence-electron chi connectivity index (χ4n) is 3.20. The van der Waals surface area contributed by atoms with Gasteiger partial charge in [-0.1, -0.05) is 49.6 Å². The van der Waals surface area contributed by atoms with Crippen molar-refractivity contribution in [3.05, 3.63) is 53.9 Å². The highest BCUT2D eigenvalue weighted by molar-refractivity contribution is 5.74. The third kappa shape index (κ3) is 4.34. The zero-order chi connectivity index (χ0) is 15.9. The number of amides is 2. The van der Waals surface area contributed by atoms with Crippen molar-refractivity contribution >= 4 is 6.03 Å². The van der Waals surface area contributed by atoms with Crippen LogP contribution in [0.3, 0.4) is 0 Å². The van der Waals surface area contributed by atoms with Gasteiger partial charge in [-0.15, -0.1) is 0 Å². The monoisotopic (exact) mass is 312 g/mol. The molecule has 5 nitrogen and oxygen atoms in total. The number of benzene rings is 1. The summed E-state index contributed by atoms with van der Waals surface area (Å²) in [4.78, 5) is 14.7. The summed E-state index contributed by atoms with van der Waals surface area (Å²) >= 11 is 0. The van der Waals surface area contributed by atoms with Gasteiger partial charge in [-0.2, -0.15) is 5.10 Å². The second kappa shape index (κ2) is 7.81. The van der Waals surface area contributed by atoms with E-state index in [1.807, 2.05) is 29.2 Å². The minimum atomic E-state index is 0.00959. The van der Waals surface area contributed by atoms with Crippen LogP contribution < -0.4 is 5.32 Å². The largest absolute Gasteiger partial charge is 0.332 e. The molecule has 1 aliphatic rings. The Hall–Kier alpha value is -2.30. The van der Waals surface area contributed by atoms with E-state index in [-0.39, 0.29) is 6.03 Å². The number of nitrogens with zero attached hydrogens (tertiary/aromatic N) is 2. The number of hydrogen-bond donors (Lipinski definition) is 2. The highest BCUT2D eigenvalue weighted by atomic mass is 16.2. The SMILES string of the molecule is O=C(NCc1ccn[nH]1)N(Cc1ccccc1)C1CCCCC1. The summed E-state index contributed by atoms with van der Waals surface area (Å²) in [7, 11) is 0. The normalized spacial score (nSPS) is 15.3. The lowest BCUT2D eigenvalue weighted by atomic mass is 9.94. The first kappa shape index (κ1) is 15.6. The molecule has 0 saturated heterocycles. The van der Waals surface area contributed by atoms with E-state index in [2.05, 4.69) is 27.6 Å². The highest BCUT2D eigenvalue weighted by Gasteiger charge is 2.25. The van der Waals surface area contributed by atoms with Crippen LogP contribution >= 0.6 is 0 Å². The first-order valence-corrected chi connectivity index (χ1v) is 8.39. The van der Waals surface area contributed by atoms with Gasteiger partial charge in [0, 0.05) is 18.8 Å². The maximum atomic E-state index is 12.7. The quantitative estimate of drug-likeness (QED) is 0.888. The maximum absolute atomic E-state index is 12.7. The van der Waals surface area contributed by atoms with Gasteiger partial charge in [0.05, 0.1) is 12.2 Å². The lowest BCUT2D eigenvalue weighted by Crippen LogP contribution is -2.46. The van der Waals surface area contributed by atoms with Crippen LogP contribution in [0.5, 0.6) is 0 Å². The average Bonchev–Trinajstić information content (AvgIpc) is 3.13. The van der Waals surface area contributed by atoms with Crippen molar-refractivity contribution in [3.63, 3.8) is 0 Å². The summed E-state index contributed by atoms with van der Waals surface area (Å²) in [5.74, 6) is 0. The summed E-state index contributed by atoms with van der Waals surface area (Å²) in [5.41, 5.74) is 2.09. The van der Waals surface area contributed by atoms with Crippen LogP contribution in [0.4, 0.5) is 4.79 Å². The molecule has 3 rings (SSSR count). The van der Waals surface area contributed by atoms with Gasteiger partial charge in [0.15, 0.2) is 0 Å². The van der Waals surface area contributed by atoms with Crippen molar-refractivity contribution in [3.8, 4) is 0 Å². The van der Waals surface area contributed by atoms with Gasteiger partial charge in [-0.3, -0.25) is 5.10 Å². The van der Waals surface area contributed by atoms with Gasteiger partial charge >= 0.3 is 6.03 Å². The molecule has 1 fully saturated rings. The Balaban J connectivity index is 1.66. The summed E-state index contributed by atoms with van der Waals surface area (Å²) < 4.78 is 0. The van der Waals surface area contributed by atoms with E-state index in [4.69, 9.17) is 0 Å². The minimum Gasteiger partial charge on any atom is -0.332 e. The molecular weight excluding hydrogens is 288 g/mol. The molecule has 1 saturated carbocycles. The van der Waals surface area contributed by atoms with Crippen molar-refractivity contribution < 1.29 is 4.79 Å². The van der Waals surface area contributed by atoms with Gasteiger partial charge in [-0.25, -0.2) is 4.79 Å². The van der Waals surface area contributed by atoms with Gasteiger partial charge < -0.3 is 10.2 Å². The van der Waals surface area contributed by atoms with E-state index in [1.54, 1.807) is 6.20 Å². The molecule has 2 aromatic rings. The summed E-state index contributed by atoms with van der Waals surface area (Å²) in [5, 5.41) is 9.81. The smallest absolute Gasteiger partial charge is 0.318 e. The van der Waals surface area contributed by atoms with Crippen LogP contribution in [-0.4, -0.2) is 27.2 Å². The Bertz CT molecular complexity index is 591. The molecule has 0 radical (unpaired) electrons. The third-order valence-corrected chi connectivity index (χ3v) is 4.46. The summed E-state index contributed by atoms with van der Waals surface area (Å²) in [6.45, 7) is 1.15. The molecular formula is C18H24N4O. The molecule has 0 aliphatic heterocycles. The van der Waals surface area contributed by atoms with Crippen LogP contribution in [0.1, 0.15) is 43.4 Å². The Morgan fingerprint density at radius 3 is 2.65 bits per heavy atom. The zero-order valence-corrected chi connectivity index (χ0v) is 13.4. The van der Waals surface area contributed by atoms with Crippen molar-refractivity contribution in [1.29, 1.82) is 0 Å². The molecule has 122 valence electrons. The van der Waals surface area contributed by atoms with E-state index < -0.39 is 0 Å². The number of aromatic nitrogens is 2. The fraction of sp³-hybridized carbons (Fsp3) is 0.444. The number of urea groups is 1. The van der Waals surface area contributed by atoms with Gasteiger partial charge in [-0.05, 0) is 24.5 Å². The highest BCUT2D eigenvalue weighted by Crippen LogP contribution is 2.24. The molecule has 1 aliphatic carbocycles. The van der Waals surface area contributed by atoms with Gasteiger partial charge in [0.2, 0.25) is 0 Å². The minimum absolute atomic E-state index is 0.00959. The van der Waals surface area contributed by atoms with Crippen molar-refractivity contribution in [2.45, 2.75) is 51.2 Å². The first-order chi connectivity index (χ1) is 11.3. The van der Waals surface area contributed by atoms with Crippen LogP contribution in [0, 0.1) is 0 Å². The number of aromatic amines is 1. The Kier molecular flexibility index (Phi) is 5.29. The average molecular weight is 312 g/mol. The van der Waals surface area contributed by atoms with Crippen LogP contribution in [-0.2, 0) is 13.1 Å². The molecule has 23 heavy (non-hydrogen) atoms. The molecule has 1 heterocycles. The number of rotatable bonds is 5. The maximum Gasteiger partial charge on any atom is 0.318 e. The topological polar surface area (TPSA) is 61.0 Å². The Morgan fingerprint density at radius 1 is 1.17 bits per heavy atom. The van der Waals surface area contributed by atoms with Crippen LogP contribution in [0.25, 0.3) is 0 Å². The number of H-pyrrole nitrogens is 1. The molecule has 0 bridgehead atoms. The summed E-state index contributed by atoms with van der Waals surface area (Å²) in [6.07, 6.45) is 7.61. The molecule has 2 amide bonds. The van der Waals surface area contributed by atoms with Crippen LogP contribution in [0.15, 0.2) is 42.6 Å².